The number of alkyl halides is 1. The van der Waals surface area contributed by atoms with Crippen molar-refractivity contribution in [1.29, 1.82) is 0 Å². The number of nitrogens with one attached hydrogen (secondary N) is 1. The monoisotopic (exact) mass is 299 g/mol. The van der Waals surface area contributed by atoms with Gasteiger partial charge in [-0.2, -0.15) is 0 Å². The molecule has 0 radical (unpaired) electrons. The number of benzene rings is 1. The standard InChI is InChI=1S/C16H26ClNO2/c1-4-5-13(8-9-17)11-18-12-14-6-7-15(19-2)16(10-14)20-3/h6-7,10,13,18H,4-5,8-9,11-12H2,1-3H3. The fourth-order valence-corrected chi connectivity index (χ4v) is 2.63. The molecule has 0 amide bonds. The van der Waals surface area contributed by atoms with Crippen LogP contribution in [-0.2, 0) is 6.54 Å². The van der Waals surface area contributed by atoms with Crippen molar-refractivity contribution in [3.05, 3.63) is 23.8 Å². The van der Waals surface area contributed by atoms with Gasteiger partial charge in [0.2, 0.25) is 0 Å². The highest BCUT2D eigenvalue weighted by molar-refractivity contribution is 6.17. The first-order valence-corrected chi connectivity index (χ1v) is 7.76. The number of hydrogen-bond donors (Lipinski definition) is 1. The molecule has 4 heteroatoms. The van der Waals surface area contributed by atoms with Gasteiger partial charge in [0, 0.05) is 12.4 Å². The van der Waals surface area contributed by atoms with Gasteiger partial charge in [-0.25, -0.2) is 0 Å². The van der Waals surface area contributed by atoms with Crippen molar-refractivity contribution in [2.75, 3.05) is 26.6 Å². The first-order valence-electron chi connectivity index (χ1n) is 7.22. The summed E-state index contributed by atoms with van der Waals surface area (Å²) in [6.07, 6.45) is 3.51. The molecule has 0 aromatic heterocycles. The molecule has 1 aromatic rings. The van der Waals surface area contributed by atoms with E-state index in [9.17, 15) is 0 Å². The highest BCUT2D eigenvalue weighted by Crippen LogP contribution is 2.27. The molecule has 1 N–H and O–H groups in total. The van der Waals surface area contributed by atoms with Gasteiger partial charge >= 0.3 is 0 Å². The van der Waals surface area contributed by atoms with Crippen LogP contribution in [0.4, 0.5) is 0 Å². The van der Waals surface area contributed by atoms with E-state index in [4.69, 9.17) is 21.1 Å². The van der Waals surface area contributed by atoms with E-state index in [-0.39, 0.29) is 0 Å². The molecule has 20 heavy (non-hydrogen) atoms. The molecule has 1 atom stereocenters. The first kappa shape index (κ1) is 17.1. The summed E-state index contributed by atoms with van der Waals surface area (Å²) < 4.78 is 10.5. The lowest BCUT2D eigenvalue weighted by Gasteiger charge is -2.16. The van der Waals surface area contributed by atoms with Crippen LogP contribution in [-0.4, -0.2) is 26.6 Å². The van der Waals surface area contributed by atoms with Crippen LogP contribution in [0.2, 0.25) is 0 Å². The molecule has 0 aliphatic heterocycles. The Morgan fingerprint density at radius 2 is 1.90 bits per heavy atom. The predicted octanol–water partition coefficient (Wildman–Crippen LogP) is 3.84. The minimum Gasteiger partial charge on any atom is -0.493 e. The van der Waals surface area contributed by atoms with Crippen LogP contribution < -0.4 is 14.8 Å². The fourth-order valence-electron chi connectivity index (χ4n) is 2.32. The zero-order chi connectivity index (χ0) is 14.8. The average molecular weight is 300 g/mol. The van der Waals surface area contributed by atoms with Crippen LogP contribution in [0.1, 0.15) is 31.7 Å². The zero-order valence-electron chi connectivity index (χ0n) is 12.7. The smallest absolute Gasteiger partial charge is 0.161 e. The van der Waals surface area contributed by atoms with E-state index in [0.717, 1.165) is 36.9 Å². The molecule has 0 aliphatic carbocycles. The van der Waals surface area contributed by atoms with Crippen LogP contribution in [0.3, 0.4) is 0 Å². The molecule has 0 aliphatic rings. The maximum atomic E-state index is 5.84. The van der Waals surface area contributed by atoms with Crippen LogP contribution in [0, 0.1) is 5.92 Å². The van der Waals surface area contributed by atoms with Gasteiger partial charge < -0.3 is 14.8 Å². The van der Waals surface area contributed by atoms with Crippen LogP contribution in [0.25, 0.3) is 0 Å². The quantitative estimate of drug-likeness (QED) is 0.666. The third-order valence-electron chi connectivity index (χ3n) is 3.42. The number of halogens is 1. The van der Waals surface area contributed by atoms with E-state index < -0.39 is 0 Å². The van der Waals surface area contributed by atoms with Crippen molar-refractivity contribution in [1.82, 2.24) is 5.32 Å². The van der Waals surface area contributed by atoms with Crippen molar-refractivity contribution < 1.29 is 9.47 Å². The first-order chi connectivity index (χ1) is 9.74. The van der Waals surface area contributed by atoms with Gasteiger partial charge in [0.25, 0.3) is 0 Å². The van der Waals surface area contributed by atoms with Crippen LogP contribution >= 0.6 is 11.6 Å². The molecule has 0 heterocycles. The van der Waals surface area contributed by atoms with Crippen molar-refractivity contribution in [3.8, 4) is 11.5 Å². The summed E-state index contributed by atoms with van der Waals surface area (Å²) in [5.41, 5.74) is 1.20. The van der Waals surface area contributed by atoms with E-state index in [0.29, 0.717) is 5.92 Å². The topological polar surface area (TPSA) is 30.5 Å². The lowest BCUT2D eigenvalue weighted by atomic mass is 10.0. The Balaban J connectivity index is 2.48. The summed E-state index contributed by atoms with van der Waals surface area (Å²) in [6, 6.07) is 6.02. The molecular weight excluding hydrogens is 274 g/mol. The molecule has 0 fully saturated rings. The van der Waals surface area contributed by atoms with Gasteiger partial charge in [0.1, 0.15) is 0 Å². The Kier molecular flexibility index (Phi) is 8.47. The number of hydrogen-bond acceptors (Lipinski definition) is 3. The molecule has 1 aromatic carbocycles. The Bertz CT molecular complexity index is 379. The second-order valence-electron chi connectivity index (χ2n) is 4.95. The Morgan fingerprint density at radius 1 is 1.15 bits per heavy atom. The summed E-state index contributed by atoms with van der Waals surface area (Å²) in [6.45, 7) is 4.06. The maximum Gasteiger partial charge on any atom is 0.161 e. The van der Waals surface area contributed by atoms with E-state index in [1.807, 2.05) is 12.1 Å². The minimum atomic E-state index is 0.664. The van der Waals surface area contributed by atoms with Gasteiger partial charge in [0.05, 0.1) is 14.2 Å². The number of ether oxygens (including phenoxy) is 2. The molecular formula is C16H26ClNO2. The zero-order valence-corrected chi connectivity index (χ0v) is 13.5. The summed E-state index contributed by atoms with van der Waals surface area (Å²) in [5, 5.41) is 3.51. The SMILES string of the molecule is CCCC(CCCl)CNCc1ccc(OC)c(OC)c1. The van der Waals surface area contributed by atoms with E-state index in [1.165, 1.54) is 18.4 Å². The summed E-state index contributed by atoms with van der Waals surface area (Å²) >= 11 is 5.84. The molecule has 114 valence electrons. The van der Waals surface area contributed by atoms with Crippen molar-refractivity contribution in [3.63, 3.8) is 0 Å². The molecule has 1 unspecified atom stereocenters. The molecule has 1 rings (SSSR count). The van der Waals surface area contributed by atoms with Crippen molar-refractivity contribution in [2.45, 2.75) is 32.7 Å². The summed E-state index contributed by atoms with van der Waals surface area (Å²) in [5.74, 6) is 2.94. The molecule has 0 bridgehead atoms. The maximum absolute atomic E-state index is 5.84. The number of rotatable bonds is 10. The average Bonchev–Trinajstić information content (AvgIpc) is 2.47. The predicted molar refractivity (Wildman–Crippen MR) is 85.0 cm³/mol. The Hall–Kier alpha value is -0.930. The molecule has 0 spiro atoms. The minimum absolute atomic E-state index is 0.664. The lowest BCUT2D eigenvalue weighted by Crippen LogP contribution is -2.23. The van der Waals surface area contributed by atoms with E-state index in [2.05, 4.69) is 18.3 Å². The second-order valence-corrected chi connectivity index (χ2v) is 5.33. The third kappa shape index (κ3) is 5.59. The second kappa shape index (κ2) is 9.89. The van der Waals surface area contributed by atoms with E-state index >= 15 is 0 Å². The highest BCUT2D eigenvalue weighted by Gasteiger charge is 2.08. The largest absolute Gasteiger partial charge is 0.493 e. The number of methoxy groups -OCH3 is 2. The molecule has 0 saturated heterocycles. The fraction of sp³-hybridized carbons (Fsp3) is 0.625. The van der Waals surface area contributed by atoms with Gasteiger partial charge in [-0.1, -0.05) is 19.4 Å². The summed E-state index contributed by atoms with van der Waals surface area (Å²) in [4.78, 5) is 0. The van der Waals surface area contributed by atoms with Crippen LogP contribution in [0.5, 0.6) is 11.5 Å². The van der Waals surface area contributed by atoms with E-state index in [1.54, 1.807) is 14.2 Å². The lowest BCUT2D eigenvalue weighted by molar-refractivity contribution is 0.354. The van der Waals surface area contributed by atoms with Gasteiger partial charge in [-0.15, -0.1) is 11.6 Å². The van der Waals surface area contributed by atoms with Crippen LogP contribution in [0.15, 0.2) is 18.2 Å². The van der Waals surface area contributed by atoms with Gasteiger partial charge in [-0.3, -0.25) is 0 Å². The molecule has 0 saturated carbocycles. The summed E-state index contributed by atoms with van der Waals surface area (Å²) in [7, 11) is 3.31. The normalized spacial score (nSPS) is 12.2. The van der Waals surface area contributed by atoms with Gasteiger partial charge in [-0.05, 0) is 43.0 Å². The molecule has 3 nitrogen and oxygen atoms in total. The Morgan fingerprint density at radius 3 is 2.50 bits per heavy atom. The third-order valence-corrected chi connectivity index (χ3v) is 3.64. The van der Waals surface area contributed by atoms with Gasteiger partial charge in [0.15, 0.2) is 11.5 Å². The van der Waals surface area contributed by atoms with Crippen molar-refractivity contribution >= 4 is 11.6 Å². The highest BCUT2D eigenvalue weighted by atomic mass is 35.5. The van der Waals surface area contributed by atoms with Crippen molar-refractivity contribution in [2.24, 2.45) is 5.92 Å². The Labute approximate surface area is 127 Å².